The van der Waals surface area contributed by atoms with E-state index in [1.54, 1.807) is 6.07 Å². The molecule has 2 heterocycles. The summed E-state index contributed by atoms with van der Waals surface area (Å²) in [6, 6.07) is 11.0. The number of carbonyl (C=O) groups excluding carboxylic acids is 2. The Hall–Kier alpha value is -2.67. The van der Waals surface area contributed by atoms with Crippen LogP contribution in [0.3, 0.4) is 0 Å². The zero-order valence-electron chi connectivity index (χ0n) is 15.7. The lowest BCUT2D eigenvalue weighted by Gasteiger charge is -2.26. The fourth-order valence-electron chi connectivity index (χ4n) is 3.28. The molecule has 1 aliphatic rings. The normalized spacial score (nSPS) is 15.9. The van der Waals surface area contributed by atoms with Crippen molar-refractivity contribution in [3.8, 4) is 11.3 Å². The number of aromatic amines is 1. The van der Waals surface area contributed by atoms with Crippen molar-refractivity contribution in [2.45, 2.75) is 38.6 Å². The second-order valence-corrected chi connectivity index (χ2v) is 6.89. The van der Waals surface area contributed by atoms with E-state index in [0.29, 0.717) is 18.8 Å². The number of rotatable bonds is 7. The maximum atomic E-state index is 12.5. The molecular weight excluding hydrogens is 342 g/mol. The highest BCUT2D eigenvalue weighted by Gasteiger charge is 2.21. The van der Waals surface area contributed by atoms with Crippen LogP contribution >= 0.6 is 0 Å². The monoisotopic (exact) mass is 369 g/mol. The Bertz CT molecular complexity index is 753. The summed E-state index contributed by atoms with van der Waals surface area (Å²) < 4.78 is 0. The number of aromatic nitrogens is 2. The number of benzene rings is 1. The first kappa shape index (κ1) is 19.1. The van der Waals surface area contributed by atoms with Gasteiger partial charge >= 0.3 is 0 Å². The minimum atomic E-state index is -0.570. The van der Waals surface area contributed by atoms with Gasteiger partial charge in [-0.3, -0.25) is 19.6 Å². The van der Waals surface area contributed by atoms with Crippen LogP contribution in [0.1, 0.15) is 32.6 Å². The van der Waals surface area contributed by atoms with Gasteiger partial charge in [-0.15, -0.1) is 0 Å². The zero-order valence-corrected chi connectivity index (χ0v) is 15.7. The molecule has 1 atom stereocenters. The van der Waals surface area contributed by atoms with Gasteiger partial charge in [0.25, 0.3) is 0 Å². The van der Waals surface area contributed by atoms with Crippen molar-refractivity contribution in [1.29, 1.82) is 0 Å². The number of amides is 2. The fourth-order valence-corrected chi connectivity index (χ4v) is 3.28. The molecule has 3 N–H and O–H groups in total. The predicted octanol–water partition coefficient (Wildman–Crippen LogP) is 2.40. The van der Waals surface area contributed by atoms with Crippen LogP contribution < -0.4 is 10.6 Å². The molecule has 7 heteroatoms. The van der Waals surface area contributed by atoms with Crippen molar-refractivity contribution in [2.24, 2.45) is 0 Å². The van der Waals surface area contributed by atoms with Crippen molar-refractivity contribution >= 4 is 17.6 Å². The van der Waals surface area contributed by atoms with Crippen molar-refractivity contribution in [3.05, 3.63) is 36.4 Å². The lowest BCUT2D eigenvalue weighted by atomic mass is 10.1. The number of carbonyl (C=O) groups is 2. The highest BCUT2D eigenvalue weighted by molar-refractivity contribution is 5.97. The predicted molar refractivity (Wildman–Crippen MR) is 105 cm³/mol. The van der Waals surface area contributed by atoms with Crippen LogP contribution in [0.4, 0.5) is 5.82 Å². The first-order valence-electron chi connectivity index (χ1n) is 9.59. The molecule has 0 spiro atoms. The molecule has 0 radical (unpaired) electrons. The second kappa shape index (κ2) is 9.32. The van der Waals surface area contributed by atoms with Crippen molar-refractivity contribution < 1.29 is 9.59 Å². The van der Waals surface area contributed by atoms with E-state index in [1.165, 1.54) is 6.42 Å². The van der Waals surface area contributed by atoms with E-state index in [-0.39, 0.29) is 11.8 Å². The Morgan fingerprint density at radius 1 is 1.19 bits per heavy atom. The molecule has 0 aliphatic carbocycles. The molecule has 2 aromatic rings. The van der Waals surface area contributed by atoms with E-state index in [9.17, 15) is 9.59 Å². The van der Waals surface area contributed by atoms with E-state index in [1.807, 2.05) is 37.3 Å². The van der Waals surface area contributed by atoms with Gasteiger partial charge in [0, 0.05) is 6.07 Å². The lowest BCUT2D eigenvalue weighted by Crippen LogP contribution is -2.48. The van der Waals surface area contributed by atoms with Gasteiger partial charge < -0.3 is 10.6 Å². The van der Waals surface area contributed by atoms with E-state index in [4.69, 9.17) is 0 Å². The number of nitrogens with zero attached hydrogens (tertiary/aromatic N) is 2. The van der Waals surface area contributed by atoms with Crippen LogP contribution in [-0.2, 0) is 9.59 Å². The molecule has 3 rings (SSSR count). The highest BCUT2D eigenvalue weighted by atomic mass is 16.2. The lowest BCUT2D eigenvalue weighted by molar-refractivity contribution is -0.127. The molecule has 144 valence electrons. The van der Waals surface area contributed by atoms with Crippen molar-refractivity contribution in [1.82, 2.24) is 20.4 Å². The third kappa shape index (κ3) is 5.40. The largest absolute Gasteiger partial charge is 0.343 e. The molecule has 27 heavy (non-hydrogen) atoms. The van der Waals surface area contributed by atoms with Crippen molar-refractivity contribution in [2.75, 3.05) is 25.0 Å². The summed E-state index contributed by atoms with van der Waals surface area (Å²) in [7, 11) is 0. The van der Waals surface area contributed by atoms with Gasteiger partial charge in [-0.2, -0.15) is 5.10 Å². The SMILES string of the molecule is CCC(NC(=O)CN1CCCCC1)C(=O)Nc1cc(-c2ccccc2)[nH]n1. The van der Waals surface area contributed by atoms with Gasteiger partial charge in [0.15, 0.2) is 5.82 Å². The van der Waals surface area contributed by atoms with Gasteiger partial charge in [-0.25, -0.2) is 0 Å². The average molecular weight is 369 g/mol. The number of H-pyrrole nitrogens is 1. The zero-order chi connectivity index (χ0) is 19.1. The topological polar surface area (TPSA) is 90.1 Å². The van der Waals surface area contributed by atoms with Crippen molar-refractivity contribution in [3.63, 3.8) is 0 Å². The van der Waals surface area contributed by atoms with Crippen LogP contribution in [0.2, 0.25) is 0 Å². The van der Waals surface area contributed by atoms with Crippen LogP contribution in [0, 0.1) is 0 Å². The van der Waals surface area contributed by atoms with Crippen LogP contribution in [0.5, 0.6) is 0 Å². The molecule has 2 amide bonds. The summed E-state index contributed by atoms with van der Waals surface area (Å²) in [4.78, 5) is 26.9. The Kier molecular flexibility index (Phi) is 6.59. The molecule has 7 nitrogen and oxygen atoms in total. The van der Waals surface area contributed by atoms with Gasteiger partial charge in [0.05, 0.1) is 12.2 Å². The Balaban J connectivity index is 1.54. The third-order valence-corrected chi connectivity index (χ3v) is 4.79. The number of hydrogen-bond acceptors (Lipinski definition) is 4. The Labute approximate surface area is 159 Å². The molecule has 1 saturated heterocycles. The van der Waals surface area contributed by atoms with Crippen LogP contribution in [-0.4, -0.2) is 52.6 Å². The van der Waals surface area contributed by atoms with Gasteiger partial charge in [-0.05, 0) is 37.9 Å². The van der Waals surface area contributed by atoms with E-state index >= 15 is 0 Å². The molecule has 0 bridgehead atoms. The fraction of sp³-hybridized carbons (Fsp3) is 0.450. The summed E-state index contributed by atoms with van der Waals surface area (Å²) in [6.07, 6.45) is 4.02. The van der Waals surface area contributed by atoms with Gasteiger partial charge in [-0.1, -0.05) is 43.7 Å². The van der Waals surface area contributed by atoms with Crippen LogP contribution in [0.25, 0.3) is 11.3 Å². The summed E-state index contributed by atoms with van der Waals surface area (Å²) in [5.74, 6) is 0.0871. The summed E-state index contributed by atoms with van der Waals surface area (Å²) >= 11 is 0. The van der Waals surface area contributed by atoms with Crippen LogP contribution in [0.15, 0.2) is 36.4 Å². The first-order valence-corrected chi connectivity index (χ1v) is 9.59. The standard InChI is InChI=1S/C20H27N5O2/c1-2-16(21-19(26)14-25-11-7-4-8-12-25)20(27)22-18-13-17(23-24-18)15-9-5-3-6-10-15/h3,5-6,9-10,13,16H,2,4,7-8,11-12,14H2,1H3,(H,21,26)(H2,22,23,24,27). The molecule has 1 fully saturated rings. The maximum Gasteiger partial charge on any atom is 0.248 e. The first-order chi connectivity index (χ1) is 13.2. The number of hydrogen-bond donors (Lipinski definition) is 3. The molecular formula is C20H27N5O2. The molecule has 0 saturated carbocycles. The number of nitrogens with one attached hydrogen (secondary N) is 3. The minimum absolute atomic E-state index is 0.106. The van der Waals surface area contributed by atoms with E-state index < -0.39 is 6.04 Å². The Morgan fingerprint density at radius 3 is 2.63 bits per heavy atom. The number of piperidine rings is 1. The number of anilines is 1. The third-order valence-electron chi connectivity index (χ3n) is 4.79. The smallest absolute Gasteiger partial charge is 0.248 e. The summed E-state index contributed by atoms with van der Waals surface area (Å²) in [5, 5.41) is 12.7. The Morgan fingerprint density at radius 2 is 1.93 bits per heavy atom. The maximum absolute atomic E-state index is 12.5. The molecule has 1 aromatic heterocycles. The summed E-state index contributed by atoms with van der Waals surface area (Å²) in [5.41, 5.74) is 1.82. The molecule has 1 unspecified atom stereocenters. The summed E-state index contributed by atoms with van der Waals surface area (Å²) in [6.45, 7) is 4.13. The second-order valence-electron chi connectivity index (χ2n) is 6.89. The van der Waals surface area contributed by atoms with Gasteiger partial charge in [0.2, 0.25) is 11.8 Å². The quantitative estimate of drug-likeness (QED) is 0.699. The average Bonchev–Trinajstić information content (AvgIpc) is 3.16. The molecule has 1 aromatic carbocycles. The van der Waals surface area contributed by atoms with E-state index in [0.717, 1.165) is 37.2 Å². The molecule has 1 aliphatic heterocycles. The van der Waals surface area contributed by atoms with Gasteiger partial charge in [0.1, 0.15) is 6.04 Å². The number of likely N-dealkylation sites (tertiary alicyclic amines) is 1. The minimum Gasteiger partial charge on any atom is -0.343 e. The van der Waals surface area contributed by atoms with E-state index in [2.05, 4.69) is 25.7 Å². The highest BCUT2D eigenvalue weighted by Crippen LogP contribution is 2.19.